The molecule has 9 heteroatoms. The summed E-state index contributed by atoms with van der Waals surface area (Å²) in [4.78, 5) is 36.8. The molecule has 162 valence electrons. The SMILES string of the molecule is CCCNc1nc(NCCc2ccncc2)ncc1C(=O)NCCCC(=O)CCN. The molecule has 0 aliphatic carbocycles. The zero-order valence-corrected chi connectivity index (χ0v) is 17.5. The molecule has 0 unspecified atom stereocenters. The van der Waals surface area contributed by atoms with E-state index in [-0.39, 0.29) is 11.7 Å². The molecule has 0 fully saturated rings. The molecule has 5 N–H and O–H groups in total. The maximum Gasteiger partial charge on any atom is 0.256 e. The summed E-state index contributed by atoms with van der Waals surface area (Å²) in [6.07, 6.45) is 8.14. The highest BCUT2D eigenvalue weighted by atomic mass is 16.1. The van der Waals surface area contributed by atoms with E-state index in [0.29, 0.717) is 62.8 Å². The van der Waals surface area contributed by atoms with E-state index in [4.69, 9.17) is 5.73 Å². The number of carbonyl (C=O) groups excluding carboxylic acids is 2. The van der Waals surface area contributed by atoms with Gasteiger partial charge in [0.2, 0.25) is 5.95 Å². The van der Waals surface area contributed by atoms with Crippen molar-refractivity contribution in [3.8, 4) is 0 Å². The van der Waals surface area contributed by atoms with Crippen molar-refractivity contribution < 1.29 is 9.59 Å². The van der Waals surface area contributed by atoms with Crippen LogP contribution in [0.2, 0.25) is 0 Å². The number of nitrogens with two attached hydrogens (primary N) is 1. The van der Waals surface area contributed by atoms with Crippen LogP contribution in [-0.2, 0) is 11.2 Å². The number of hydrogen-bond acceptors (Lipinski definition) is 8. The zero-order chi connectivity index (χ0) is 21.6. The van der Waals surface area contributed by atoms with Gasteiger partial charge in [-0.1, -0.05) is 6.92 Å². The first-order valence-electron chi connectivity index (χ1n) is 10.4. The van der Waals surface area contributed by atoms with Crippen LogP contribution in [0.1, 0.15) is 48.5 Å². The number of amides is 1. The van der Waals surface area contributed by atoms with E-state index in [9.17, 15) is 9.59 Å². The molecular formula is C21H31N7O2. The number of ketones is 1. The molecule has 2 rings (SSSR count). The molecule has 0 saturated carbocycles. The summed E-state index contributed by atoms with van der Waals surface area (Å²) in [5, 5.41) is 9.21. The molecule has 0 spiro atoms. The Labute approximate surface area is 177 Å². The van der Waals surface area contributed by atoms with Crippen molar-refractivity contribution in [3.63, 3.8) is 0 Å². The Bertz CT molecular complexity index is 799. The van der Waals surface area contributed by atoms with Crippen LogP contribution in [0.3, 0.4) is 0 Å². The number of anilines is 2. The lowest BCUT2D eigenvalue weighted by molar-refractivity contribution is -0.118. The van der Waals surface area contributed by atoms with Crippen molar-refractivity contribution in [1.82, 2.24) is 20.3 Å². The predicted octanol–water partition coefficient (Wildman–Crippen LogP) is 1.78. The van der Waals surface area contributed by atoms with Gasteiger partial charge in [-0.2, -0.15) is 4.98 Å². The van der Waals surface area contributed by atoms with E-state index in [1.807, 2.05) is 19.1 Å². The first-order valence-corrected chi connectivity index (χ1v) is 10.4. The summed E-state index contributed by atoms with van der Waals surface area (Å²) in [7, 11) is 0. The number of nitrogens with one attached hydrogen (secondary N) is 3. The molecule has 2 heterocycles. The Balaban J connectivity index is 1.91. The molecule has 0 aromatic carbocycles. The number of rotatable bonds is 14. The van der Waals surface area contributed by atoms with Crippen LogP contribution in [0, 0.1) is 0 Å². The maximum absolute atomic E-state index is 12.5. The van der Waals surface area contributed by atoms with Gasteiger partial charge >= 0.3 is 0 Å². The van der Waals surface area contributed by atoms with E-state index in [1.165, 1.54) is 11.8 Å². The average molecular weight is 414 g/mol. The first-order chi connectivity index (χ1) is 14.6. The summed E-state index contributed by atoms with van der Waals surface area (Å²) in [6.45, 7) is 4.17. The van der Waals surface area contributed by atoms with Crippen LogP contribution < -0.4 is 21.7 Å². The fourth-order valence-electron chi connectivity index (χ4n) is 2.75. The highest BCUT2D eigenvalue weighted by Gasteiger charge is 2.14. The number of pyridine rings is 1. The van der Waals surface area contributed by atoms with Gasteiger partial charge < -0.3 is 21.7 Å². The monoisotopic (exact) mass is 413 g/mol. The van der Waals surface area contributed by atoms with E-state index in [0.717, 1.165) is 12.8 Å². The summed E-state index contributed by atoms with van der Waals surface area (Å²) in [5.41, 5.74) is 6.92. The molecule has 30 heavy (non-hydrogen) atoms. The van der Waals surface area contributed by atoms with Crippen molar-refractivity contribution in [1.29, 1.82) is 0 Å². The maximum atomic E-state index is 12.5. The summed E-state index contributed by atoms with van der Waals surface area (Å²) >= 11 is 0. The van der Waals surface area contributed by atoms with Crippen LogP contribution in [-0.4, -0.2) is 52.8 Å². The van der Waals surface area contributed by atoms with Crippen LogP contribution in [0.15, 0.2) is 30.7 Å². The standard InChI is InChI=1S/C21H31N7O2/c1-2-10-24-19-18(20(30)25-11-3-4-17(29)5-9-22)15-27-21(28-19)26-14-8-16-6-12-23-13-7-16/h6-7,12-13,15H,2-5,8-11,14,22H2,1H3,(H,25,30)(H2,24,26,27,28). The van der Waals surface area contributed by atoms with Crippen molar-refractivity contribution in [2.24, 2.45) is 5.73 Å². The molecule has 2 aromatic heterocycles. The van der Waals surface area contributed by atoms with Crippen molar-refractivity contribution in [2.75, 3.05) is 36.8 Å². The molecule has 1 amide bonds. The fraction of sp³-hybridized carbons (Fsp3) is 0.476. The lowest BCUT2D eigenvalue weighted by atomic mass is 10.1. The molecule has 9 nitrogen and oxygen atoms in total. The van der Waals surface area contributed by atoms with Crippen LogP contribution in [0.25, 0.3) is 0 Å². The number of carbonyl (C=O) groups is 2. The Morgan fingerprint density at radius 1 is 1.07 bits per heavy atom. The number of aromatic nitrogens is 3. The second kappa shape index (κ2) is 13.2. The van der Waals surface area contributed by atoms with Gasteiger partial charge in [0.05, 0.1) is 0 Å². The topological polar surface area (TPSA) is 135 Å². The molecule has 0 aliphatic rings. The predicted molar refractivity (Wildman–Crippen MR) is 117 cm³/mol. The molecule has 0 atom stereocenters. The van der Waals surface area contributed by atoms with Gasteiger partial charge in [0.1, 0.15) is 17.2 Å². The summed E-state index contributed by atoms with van der Waals surface area (Å²) in [6, 6.07) is 3.93. The van der Waals surface area contributed by atoms with Crippen molar-refractivity contribution >= 4 is 23.5 Å². The molecule has 0 saturated heterocycles. The number of hydrogen-bond donors (Lipinski definition) is 4. The minimum atomic E-state index is -0.261. The largest absolute Gasteiger partial charge is 0.369 e. The van der Waals surface area contributed by atoms with Gasteiger partial charge in [-0.25, -0.2) is 4.98 Å². The second-order valence-corrected chi connectivity index (χ2v) is 6.85. The average Bonchev–Trinajstić information content (AvgIpc) is 2.76. The van der Waals surface area contributed by atoms with Crippen LogP contribution >= 0.6 is 0 Å². The Morgan fingerprint density at radius 2 is 1.87 bits per heavy atom. The lowest BCUT2D eigenvalue weighted by Gasteiger charge is -2.13. The first kappa shape index (κ1) is 23.2. The van der Waals surface area contributed by atoms with Gasteiger partial charge in [-0.05, 0) is 43.5 Å². The number of nitrogens with zero attached hydrogens (tertiary/aromatic N) is 3. The van der Waals surface area contributed by atoms with Crippen LogP contribution in [0.5, 0.6) is 0 Å². The molecular weight excluding hydrogens is 382 g/mol. The van der Waals surface area contributed by atoms with E-state index in [2.05, 4.69) is 30.9 Å². The lowest BCUT2D eigenvalue weighted by Crippen LogP contribution is -2.27. The summed E-state index contributed by atoms with van der Waals surface area (Å²) in [5.74, 6) is 0.812. The second-order valence-electron chi connectivity index (χ2n) is 6.85. The van der Waals surface area contributed by atoms with Gasteiger partial charge in [-0.3, -0.25) is 14.6 Å². The molecule has 0 bridgehead atoms. The Hall–Kier alpha value is -3.07. The minimum Gasteiger partial charge on any atom is -0.369 e. The smallest absolute Gasteiger partial charge is 0.256 e. The molecule has 0 radical (unpaired) electrons. The molecule has 2 aromatic rings. The Morgan fingerprint density at radius 3 is 2.60 bits per heavy atom. The van der Waals surface area contributed by atoms with E-state index in [1.54, 1.807) is 12.4 Å². The molecule has 0 aliphatic heterocycles. The normalized spacial score (nSPS) is 10.5. The van der Waals surface area contributed by atoms with E-state index < -0.39 is 0 Å². The van der Waals surface area contributed by atoms with Gasteiger partial charge in [0.15, 0.2) is 0 Å². The van der Waals surface area contributed by atoms with Crippen molar-refractivity contribution in [3.05, 3.63) is 41.9 Å². The summed E-state index contributed by atoms with van der Waals surface area (Å²) < 4.78 is 0. The highest BCUT2D eigenvalue weighted by Crippen LogP contribution is 2.14. The Kier molecular flexibility index (Phi) is 10.2. The highest BCUT2D eigenvalue weighted by molar-refractivity contribution is 5.98. The number of Topliss-reactive ketones (excluding diaryl/α,β-unsaturated/α-hetero) is 1. The van der Waals surface area contributed by atoms with Gasteiger partial charge in [-0.15, -0.1) is 0 Å². The third-order valence-electron chi connectivity index (χ3n) is 4.36. The quantitative estimate of drug-likeness (QED) is 0.344. The van der Waals surface area contributed by atoms with Gasteiger partial charge in [0, 0.05) is 51.1 Å². The van der Waals surface area contributed by atoms with Gasteiger partial charge in [0.25, 0.3) is 5.91 Å². The van der Waals surface area contributed by atoms with Crippen molar-refractivity contribution in [2.45, 2.75) is 39.0 Å². The fourth-order valence-corrected chi connectivity index (χ4v) is 2.75. The minimum absolute atomic E-state index is 0.113. The van der Waals surface area contributed by atoms with Crippen LogP contribution in [0.4, 0.5) is 11.8 Å². The third-order valence-corrected chi connectivity index (χ3v) is 4.36. The third kappa shape index (κ3) is 8.12. The zero-order valence-electron chi connectivity index (χ0n) is 17.5. The van der Waals surface area contributed by atoms with E-state index >= 15 is 0 Å².